The molecule has 7 heteroatoms. The topological polar surface area (TPSA) is 65.3 Å². The van der Waals surface area contributed by atoms with Crippen molar-refractivity contribution in [1.82, 2.24) is 5.01 Å². The lowest BCUT2D eigenvalue weighted by atomic mass is 9.99. The minimum absolute atomic E-state index is 0.320. The Morgan fingerprint density at radius 3 is 2.41 bits per heavy atom. The van der Waals surface area contributed by atoms with E-state index in [1.807, 2.05) is 13.8 Å². The maximum Gasteiger partial charge on any atom is 0.263 e. The number of anilines is 1. The summed E-state index contributed by atoms with van der Waals surface area (Å²) in [6, 6.07) is 9.40. The standard InChI is InChI=1S/C20H19ClN4O2/c1-11-7-12(2)16(13(3)8-11)10-24-18-17(22-23-24)19(26)25(20(18)27)15-6-4-5-14(21)9-15/h4-9,17-18H,10H2,1-3H3/t17-,18-/m1/s1. The molecule has 2 aromatic carbocycles. The van der Waals surface area contributed by atoms with E-state index in [4.69, 9.17) is 11.6 Å². The number of nitrogens with zero attached hydrogens (tertiary/aromatic N) is 4. The van der Waals surface area contributed by atoms with Gasteiger partial charge in [0, 0.05) is 5.02 Å². The summed E-state index contributed by atoms with van der Waals surface area (Å²) in [6.45, 7) is 6.57. The van der Waals surface area contributed by atoms with E-state index in [9.17, 15) is 9.59 Å². The summed E-state index contributed by atoms with van der Waals surface area (Å²) in [5.41, 5.74) is 5.02. The quantitative estimate of drug-likeness (QED) is 0.759. The molecule has 0 aliphatic carbocycles. The molecule has 0 aromatic heterocycles. The normalized spacial score (nSPS) is 21.3. The summed E-state index contributed by atoms with van der Waals surface area (Å²) in [6.07, 6.45) is 0. The van der Waals surface area contributed by atoms with Gasteiger partial charge in [-0.3, -0.25) is 14.6 Å². The molecule has 0 spiro atoms. The Hall–Kier alpha value is -2.73. The molecule has 6 nitrogen and oxygen atoms in total. The van der Waals surface area contributed by atoms with Crippen molar-refractivity contribution < 1.29 is 9.59 Å². The molecule has 2 heterocycles. The van der Waals surface area contributed by atoms with Gasteiger partial charge in [-0.1, -0.05) is 40.6 Å². The molecule has 138 valence electrons. The molecule has 0 unspecified atom stereocenters. The fraction of sp³-hybridized carbons (Fsp3) is 0.300. The molecule has 2 aliphatic rings. The van der Waals surface area contributed by atoms with Crippen LogP contribution in [0, 0.1) is 20.8 Å². The number of carbonyl (C=O) groups is 2. The van der Waals surface area contributed by atoms with Gasteiger partial charge in [-0.05, 0) is 55.7 Å². The fourth-order valence-corrected chi connectivity index (χ4v) is 4.03. The third-order valence-corrected chi connectivity index (χ3v) is 5.32. The highest BCUT2D eigenvalue weighted by atomic mass is 35.5. The van der Waals surface area contributed by atoms with Gasteiger partial charge < -0.3 is 0 Å². The molecule has 0 radical (unpaired) electrons. The van der Waals surface area contributed by atoms with E-state index in [-0.39, 0.29) is 11.8 Å². The van der Waals surface area contributed by atoms with Crippen LogP contribution in [0.3, 0.4) is 0 Å². The Morgan fingerprint density at radius 1 is 1.04 bits per heavy atom. The maximum absolute atomic E-state index is 13.0. The van der Waals surface area contributed by atoms with E-state index < -0.39 is 12.1 Å². The fourth-order valence-electron chi connectivity index (χ4n) is 3.84. The van der Waals surface area contributed by atoms with E-state index >= 15 is 0 Å². The summed E-state index contributed by atoms with van der Waals surface area (Å²) >= 11 is 6.02. The largest absolute Gasteiger partial charge is 0.271 e. The second-order valence-corrected chi connectivity index (χ2v) is 7.50. The Bertz CT molecular complexity index is 965. The van der Waals surface area contributed by atoms with Crippen LogP contribution in [0.5, 0.6) is 0 Å². The minimum Gasteiger partial charge on any atom is -0.271 e. The lowest BCUT2D eigenvalue weighted by Gasteiger charge is -2.22. The summed E-state index contributed by atoms with van der Waals surface area (Å²) in [4.78, 5) is 27.0. The van der Waals surface area contributed by atoms with Gasteiger partial charge in [0.1, 0.15) is 0 Å². The van der Waals surface area contributed by atoms with Gasteiger partial charge in [0.15, 0.2) is 12.1 Å². The van der Waals surface area contributed by atoms with Gasteiger partial charge in [0.2, 0.25) is 0 Å². The lowest BCUT2D eigenvalue weighted by Crippen LogP contribution is -2.39. The molecule has 1 saturated heterocycles. The van der Waals surface area contributed by atoms with E-state index in [1.165, 1.54) is 10.5 Å². The number of carbonyl (C=O) groups excluding carboxylic acids is 2. The number of benzene rings is 2. The smallest absolute Gasteiger partial charge is 0.263 e. The van der Waals surface area contributed by atoms with Crippen LogP contribution in [-0.2, 0) is 16.1 Å². The first-order chi connectivity index (χ1) is 12.9. The first-order valence-electron chi connectivity index (χ1n) is 8.74. The Kier molecular flexibility index (Phi) is 4.23. The molecule has 1 fully saturated rings. The number of fused-ring (bicyclic) bond motifs is 1. The molecule has 27 heavy (non-hydrogen) atoms. The maximum atomic E-state index is 13.0. The van der Waals surface area contributed by atoms with Crippen LogP contribution in [-0.4, -0.2) is 28.9 Å². The Morgan fingerprint density at radius 2 is 1.74 bits per heavy atom. The number of rotatable bonds is 3. The van der Waals surface area contributed by atoms with Gasteiger partial charge in [-0.2, -0.15) is 5.11 Å². The summed E-state index contributed by atoms with van der Waals surface area (Å²) in [5.74, 6) is -0.685. The van der Waals surface area contributed by atoms with Gasteiger partial charge >= 0.3 is 0 Å². The third kappa shape index (κ3) is 2.90. The van der Waals surface area contributed by atoms with Crippen molar-refractivity contribution >= 4 is 29.1 Å². The third-order valence-electron chi connectivity index (χ3n) is 5.08. The van der Waals surface area contributed by atoms with Crippen LogP contribution in [0.1, 0.15) is 22.3 Å². The number of hydrogen-bond donors (Lipinski definition) is 0. The van der Waals surface area contributed by atoms with Gasteiger partial charge in [0.25, 0.3) is 11.8 Å². The highest BCUT2D eigenvalue weighted by Crippen LogP contribution is 2.34. The average molecular weight is 383 g/mol. The number of hydrogen-bond acceptors (Lipinski definition) is 5. The molecule has 2 aromatic rings. The lowest BCUT2D eigenvalue weighted by molar-refractivity contribution is -0.123. The second kappa shape index (κ2) is 6.46. The van der Waals surface area contributed by atoms with Crippen LogP contribution in [0.2, 0.25) is 5.02 Å². The van der Waals surface area contributed by atoms with Crippen LogP contribution >= 0.6 is 11.6 Å². The zero-order chi connectivity index (χ0) is 19.3. The number of amides is 2. The molecular weight excluding hydrogens is 364 g/mol. The van der Waals surface area contributed by atoms with Crippen molar-refractivity contribution in [2.75, 3.05) is 4.90 Å². The first kappa shape index (κ1) is 17.7. The van der Waals surface area contributed by atoms with Crippen molar-refractivity contribution in [3.05, 3.63) is 63.7 Å². The number of halogens is 1. The van der Waals surface area contributed by atoms with Gasteiger partial charge in [0.05, 0.1) is 12.2 Å². The second-order valence-electron chi connectivity index (χ2n) is 7.06. The predicted molar refractivity (Wildman–Crippen MR) is 103 cm³/mol. The van der Waals surface area contributed by atoms with Crippen molar-refractivity contribution in [1.29, 1.82) is 0 Å². The van der Waals surface area contributed by atoms with Crippen LogP contribution in [0.4, 0.5) is 5.69 Å². The number of imide groups is 1. The van der Waals surface area contributed by atoms with E-state index in [0.717, 1.165) is 16.7 Å². The molecule has 4 rings (SSSR count). The van der Waals surface area contributed by atoms with Gasteiger partial charge in [-0.25, -0.2) is 4.90 Å². The molecular formula is C20H19ClN4O2. The number of aryl methyl sites for hydroxylation is 3. The van der Waals surface area contributed by atoms with Crippen molar-refractivity contribution in [2.45, 2.75) is 39.4 Å². The zero-order valence-electron chi connectivity index (χ0n) is 15.3. The predicted octanol–water partition coefficient (Wildman–Crippen LogP) is 3.76. The van der Waals surface area contributed by atoms with Gasteiger partial charge in [-0.15, -0.1) is 0 Å². The molecule has 0 N–H and O–H groups in total. The highest BCUT2D eigenvalue weighted by molar-refractivity contribution is 6.31. The molecule has 0 bridgehead atoms. The summed E-state index contributed by atoms with van der Waals surface area (Å²) < 4.78 is 0. The van der Waals surface area contributed by atoms with Crippen molar-refractivity contribution in [3.63, 3.8) is 0 Å². The van der Waals surface area contributed by atoms with Crippen molar-refractivity contribution in [3.8, 4) is 0 Å². The average Bonchev–Trinajstić information content (AvgIpc) is 3.11. The Balaban J connectivity index is 1.64. The van der Waals surface area contributed by atoms with E-state index in [1.54, 1.807) is 29.3 Å². The highest BCUT2D eigenvalue weighted by Gasteiger charge is 2.54. The molecule has 0 saturated carbocycles. The van der Waals surface area contributed by atoms with E-state index in [0.29, 0.717) is 17.3 Å². The van der Waals surface area contributed by atoms with Crippen LogP contribution in [0.15, 0.2) is 46.7 Å². The zero-order valence-corrected chi connectivity index (χ0v) is 16.1. The monoisotopic (exact) mass is 382 g/mol. The van der Waals surface area contributed by atoms with Crippen LogP contribution < -0.4 is 4.90 Å². The first-order valence-corrected chi connectivity index (χ1v) is 9.12. The minimum atomic E-state index is -0.803. The summed E-state index contributed by atoms with van der Waals surface area (Å²) in [5, 5.41) is 10.3. The Labute approximate surface area is 162 Å². The molecule has 2 aliphatic heterocycles. The van der Waals surface area contributed by atoms with Crippen LogP contribution in [0.25, 0.3) is 0 Å². The van der Waals surface area contributed by atoms with E-state index in [2.05, 4.69) is 29.4 Å². The summed E-state index contributed by atoms with van der Waals surface area (Å²) in [7, 11) is 0. The SMILES string of the molecule is Cc1cc(C)c(CN2N=N[C@H]3C(=O)N(c4cccc(Cl)c4)C(=O)[C@@H]32)c(C)c1. The molecule has 2 atom stereocenters. The van der Waals surface area contributed by atoms with Crippen molar-refractivity contribution in [2.24, 2.45) is 10.3 Å². The molecule has 2 amide bonds.